The zero-order chi connectivity index (χ0) is 16.3. The Morgan fingerprint density at radius 3 is 1.87 bits per heavy atom. The molecule has 0 aromatic carbocycles. The summed E-state index contributed by atoms with van der Waals surface area (Å²) in [6, 6.07) is 0. The van der Waals surface area contributed by atoms with Gasteiger partial charge in [0, 0.05) is 6.61 Å². The summed E-state index contributed by atoms with van der Waals surface area (Å²) in [5.41, 5.74) is 0. The first-order chi connectivity index (χ1) is 11.3. The molecule has 0 atom stereocenters. The van der Waals surface area contributed by atoms with E-state index in [1.807, 2.05) is 0 Å². The molecule has 0 aromatic heterocycles. The van der Waals surface area contributed by atoms with Crippen molar-refractivity contribution in [2.24, 2.45) is 17.8 Å². The highest BCUT2D eigenvalue weighted by molar-refractivity contribution is 4.82. The third kappa shape index (κ3) is 7.16. The largest absolute Gasteiger partial charge is 0.378 e. The zero-order valence-electron chi connectivity index (χ0n) is 16.0. The number of ether oxygens (including phenoxy) is 1. The SMILES string of the molecule is CCCCCCO[C@H]1CC[C@H]([C@H]2CC[C@H](CCCC)CC2)CC1. The van der Waals surface area contributed by atoms with E-state index in [0.717, 1.165) is 24.4 Å². The van der Waals surface area contributed by atoms with Gasteiger partial charge in [-0.25, -0.2) is 0 Å². The van der Waals surface area contributed by atoms with Crippen LogP contribution in [0.15, 0.2) is 0 Å². The summed E-state index contributed by atoms with van der Waals surface area (Å²) in [5.74, 6) is 3.15. The standard InChI is InChI=1S/C22H42O/c1-3-5-7-8-18-23-22-16-14-21(15-17-22)20-12-10-19(11-13-20)9-6-4-2/h19-22H,3-18H2,1-2H3/t19-,20-,21-,22-. The van der Waals surface area contributed by atoms with Gasteiger partial charge in [-0.2, -0.15) is 0 Å². The molecule has 0 saturated heterocycles. The second kappa shape index (κ2) is 11.5. The van der Waals surface area contributed by atoms with Crippen LogP contribution in [0, 0.1) is 17.8 Å². The molecule has 0 amide bonds. The van der Waals surface area contributed by atoms with Gasteiger partial charge in [0.05, 0.1) is 6.10 Å². The summed E-state index contributed by atoms with van der Waals surface area (Å²) in [6.45, 7) is 5.62. The first kappa shape index (κ1) is 19.3. The van der Waals surface area contributed by atoms with Gasteiger partial charge in [0.2, 0.25) is 0 Å². The van der Waals surface area contributed by atoms with Gasteiger partial charge in [0.25, 0.3) is 0 Å². The first-order valence-electron chi connectivity index (χ1n) is 10.9. The van der Waals surface area contributed by atoms with Crippen molar-refractivity contribution in [1.82, 2.24) is 0 Å². The fourth-order valence-electron chi connectivity index (χ4n) is 4.95. The fourth-order valence-corrected chi connectivity index (χ4v) is 4.95. The number of hydrogen-bond acceptors (Lipinski definition) is 1. The van der Waals surface area contributed by atoms with Crippen LogP contribution in [-0.2, 0) is 4.74 Å². The molecule has 2 rings (SSSR count). The monoisotopic (exact) mass is 322 g/mol. The molecule has 0 heterocycles. The highest BCUT2D eigenvalue weighted by Gasteiger charge is 2.30. The molecule has 23 heavy (non-hydrogen) atoms. The van der Waals surface area contributed by atoms with Gasteiger partial charge in [-0.3, -0.25) is 0 Å². The third-order valence-corrected chi connectivity index (χ3v) is 6.59. The summed E-state index contributed by atoms with van der Waals surface area (Å²) in [4.78, 5) is 0. The highest BCUT2D eigenvalue weighted by Crippen LogP contribution is 2.41. The van der Waals surface area contributed by atoms with Crippen LogP contribution in [0.3, 0.4) is 0 Å². The lowest BCUT2D eigenvalue weighted by Crippen LogP contribution is -2.28. The molecular formula is C22H42O. The van der Waals surface area contributed by atoms with Crippen molar-refractivity contribution >= 4 is 0 Å². The average molecular weight is 323 g/mol. The van der Waals surface area contributed by atoms with Crippen LogP contribution in [0.5, 0.6) is 0 Å². The predicted molar refractivity (Wildman–Crippen MR) is 101 cm³/mol. The van der Waals surface area contributed by atoms with Crippen LogP contribution >= 0.6 is 0 Å². The maximum atomic E-state index is 6.13. The Balaban J connectivity index is 1.54. The second-order valence-electron chi connectivity index (χ2n) is 8.39. The topological polar surface area (TPSA) is 9.23 Å². The van der Waals surface area contributed by atoms with Gasteiger partial charge < -0.3 is 4.74 Å². The Morgan fingerprint density at radius 1 is 0.652 bits per heavy atom. The molecule has 0 unspecified atom stereocenters. The molecule has 2 fully saturated rings. The summed E-state index contributed by atoms with van der Waals surface area (Å²) >= 11 is 0. The summed E-state index contributed by atoms with van der Waals surface area (Å²) in [5, 5.41) is 0. The van der Waals surface area contributed by atoms with E-state index >= 15 is 0 Å². The number of rotatable bonds is 10. The van der Waals surface area contributed by atoms with Crippen LogP contribution in [0.25, 0.3) is 0 Å². The molecule has 0 spiro atoms. The van der Waals surface area contributed by atoms with E-state index in [9.17, 15) is 0 Å². The van der Waals surface area contributed by atoms with E-state index in [-0.39, 0.29) is 0 Å². The maximum absolute atomic E-state index is 6.13. The van der Waals surface area contributed by atoms with Gasteiger partial charge >= 0.3 is 0 Å². The summed E-state index contributed by atoms with van der Waals surface area (Å²) < 4.78 is 6.13. The van der Waals surface area contributed by atoms with E-state index in [2.05, 4.69) is 13.8 Å². The quantitative estimate of drug-likeness (QED) is 0.388. The third-order valence-electron chi connectivity index (χ3n) is 6.59. The molecule has 2 aliphatic rings. The number of hydrogen-bond donors (Lipinski definition) is 0. The minimum absolute atomic E-state index is 0.591. The van der Waals surface area contributed by atoms with E-state index in [1.165, 1.54) is 96.3 Å². The zero-order valence-corrected chi connectivity index (χ0v) is 16.0. The minimum atomic E-state index is 0.591. The Labute approximate surface area is 146 Å². The first-order valence-corrected chi connectivity index (χ1v) is 10.9. The lowest BCUT2D eigenvalue weighted by molar-refractivity contribution is 0.00530. The Morgan fingerprint density at radius 2 is 1.26 bits per heavy atom. The summed E-state index contributed by atoms with van der Waals surface area (Å²) in [7, 11) is 0. The highest BCUT2D eigenvalue weighted by atomic mass is 16.5. The smallest absolute Gasteiger partial charge is 0.0575 e. The second-order valence-corrected chi connectivity index (χ2v) is 8.39. The molecule has 0 radical (unpaired) electrons. The van der Waals surface area contributed by atoms with Crippen LogP contribution in [0.1, 0.15) is 110 Å². The van der Waals surface area contributed by atoms with E-state index in [1.54, 1.807) is 0 Å². The van der Waals surface area contributed by atoms with Crippen molar-refractivity contribution in [2.75, 3.05) is 6.61 Å². The molecular weight excluding hydrogens is 280 g/mol. The number of unbranched alkanes of at least 4 members (excludes halogenated alkanes) is 4. The van der Waals surface area contributed by atoms with Gasteiger partial charge in [0.15, 0.2) is 0 Å². The van der Waals surface area contributed by atoms with Crippen LogP contribution < -0.4 is 0 Å². The molecule has 2 saturated carbocycles. The van der Waals surface area contributed by atoms with Crippen molar-refractivity contribution in [1.29, 1.82) is 0 Å². The Bertz CT molecular complexity index is 272. The fraction of sp³-hybridized carbons (Fsp3) is 1.00. The van der Waals surface area contributed by atoms with Crippen molar-refractivity contribution in [3.63, 3.8) is 0 Å². The van der Waals surface area contributed by atoms with Crippen molar-refractivity contribution in [3.05, 3.63) is 0 Å². The molecule has 0 aromatic rings. The maximum Gasteiger partial charge on any atom is 0.0575 e. The Kier molecular flexibility index (Phi) is 9.65. The van der Waals surface area contributed by atoms with Crippen LogP contribution in [-0.4, -0.2) is 12.7 Å². The van der Waals surface area contributed by atoms with Gasteiger partial charge in [0.1, 0.15) is 0 Å². The van der Waals surface area contributed by atoms with Crippen LogP contribution in [0.4, 0.5) is 0 Å². The minimum Gasteiger partial charge on any atom is -0.378 e. The lowest BCUT2D eigenvalue weighted by atomic mass is 9.70. The van der Waals surface area contributed by atoms with Gasteiger partial charge in [-0.1, -0.05) is 65.2 Å². The average Bonchev–Trinajstić information content (AvgIpc) is 2.61. The molecule has 0 N–H and O–H groups in total. The molecule has 0 bridgehead atoms. The van der Waals surface area contributed by atoms with E-state index in [0.29, 0.717) is 6.10 Å². The normalized spacial score (nSPS) is 32.1. The molecule has 2 aliphatic carbocycles. The summed E-state index contributed by atoms with van der Waals surface area (Å²) in [6.07, 6.45) is 21.9. The van der Waals surface area contributed by atoms with Crippen molar-refractivity contribution in [2.45, 2.75) is 116 Å². The molecule has 1 heteroatoms. The van der Waals surface area contributed by atoms with E-state index < -0.39 is 0 Å². The van der Waals surface area contributed by atoms with Gasteiger partial charge in [-0.15, -0.1) is 0 Å². The Hall–Kier alpha value is -0.0400. The van der Waals surface area contributed by atoms with Gasteiger partial charge in [-0.05, 0) is 62.7 Å². The van der Waals surface area contributed by atoms with Crippen LogP contribution in [0.2, 0.25) is 0 Å². The van der Waals surface area contributed by atoms with Crippen molar-refractivity contribution < 1.29 is 4.74 Å². The predicted octanol–water partition coefficient (Wildman–Crippen LogP) is 7.14. The van der Waals surface area contributed by atoms with E-state index in [4.69, 9.17) is 4.74 Å². The molecule has 1 nitrogen and oxygen atoms in total. The lowest BCUT2D eigenvalue weighted by Gasteiger charge is -2.37. The van der Waals surface area contributed by atoms with Crippen molar-refractivity contribution in [3.8, 4) is 0 Å². The molecule has 136 valence electrons. The molecule has 0 aliphatic heterocycles.